The molecule has 420 valence electrons. The number of nitrogens with zero attached hydrogens (tertiary/aromatic N) is 6. The van der Waals surface area contributed by atoms with Crippen LogP contribution in [0.4, 0.5) is 4.39 Å². The van der Waals surface area contributed by atoms with E-state index >= 15 is 19.2 Å². The van der Waals surface area contributed by atoms with E-state index in [9.17, 15) is 18.8 Å². The van der Waals surface area contributed by atoms with Gasteiger partial charge in [-0.2, -0.15) is 4.98 Å². The summed E-state index contributed by atoms with van der Waals surface area (Å²) in [6.07, 6.45) is 12.7. The lowest BCUT2D eigenvalue weighted by molar-refractivity contribution is -0.150. The van der Waals surface area contributed by atoms with Crippen LogP contribution in [-0.2, 0) is 51.9 Å². The zero-order valence-corrected chi connectivity index (χ0v) is 46.7. The molecule has 1 aliphatic carbocycles. The maximum absolute atomic E-state index is 15.6. The zero-order chi connectivity index (χ0) is 56.6. The van der Waals surface area contributed by atoms with Gasteiger partial charge >= 0.3 is 6.01 Å². The summed E-state index contributed by atoms with van der Waals surface area (Å²) in [6, 6.07) is 4.41. The molecule has 4 heterocycles. The van der Waals surface area contributed by atoms with Gasteiger partial charge in [0.05, 0.1) is 11.1 Å². The van der Waals surface area contributed by atoms with E-state index in [1.54, 1.807) is 18.2 Å². The fraction of sp³-hybridized carbons (Fsp3) is 0.542. The highest BCUT2D eigenvalue weighted by atomic mass is 19.1. The molecule has 2 aromatic carbocycles. The number of benzene rings is 2. The highest BCUT2D eigenvalue weighted by Crippen LogP contribution is 2.33. The Bertz CT molecular complexity index is 2900. The van der Waals surface area contributed by atoms with Gasteiger partial charge in [0, 0.05) is 62.2 Å². The minimum absolute atomic E-state index is 0.00533. The molecule has 2 aliphatic heterocycles. The summed E-state index contributed by atoms with van der Waals surface area (Å²) in [5, 5.41) is 13.2. The van der Waals surface area contributed by atoms with Crippen LogP contribution in [0.3, 0.4) is 0 Å². The molecule has 1 saturated carbocycles. The molecule has 7 rings (SSSR count). The Kier molecular flexibility index (Phi) is 19.1. The van der Waals surface area contributed by atoms with Gasteiger partial charge in [-0.15, -0.1) is 6.58 Å². The Balaban J connectivity index is 1.36. The average molecular weight is 1080 g/mol. The van der Waals surface area contributed by atoms with Crippen LogP contribution in [-0.4, -0.2) is 140 Å². The van der Waals surface area contributed by atoms with E-state index in [2.05, 4.69) is 42.4 Å². The van der Waals surface area contributed by atoms with E-state index in [1.165, 1.54) is 41.9 Å². The highest BCUT2D eigenvalue weighted by Gasteiger charge is 2.42. The Morgan fingerprint density at radius 3 is 2.09 bits per heavy atom. The Hall–Kier alpha value is -7.18. The van der Waals surface area contributed by atoms with Crippen molar-refractivity contribution in [3.05, 3.63) is 90.8 Å². The summed E-state index contributed by atoms with van der Waals surface area (Å²) in [5.74, 6) is -4.29. The molecule has 4 aromatic rings. The third kappa shape index (κ3) is 13.6. The second-order valence-electron chi connectivity index (χ2n) is 22.7. The van der Waals surface area contributed by atoms with Crippen molar-refractivity contribution in [1.82, 2.24) is 50.5 Å². The molecule has 7 atom stereocenters. The van der Waals surface area contributed by atoms with Crippen LogP contribution in [0.1, 0.15) is 111 Å². The number of carbonyl (C=O) groups excluding carboxylic acids is 7. The number of likely N-dealkylation sites (N-methyl/N-ethyl adjacent to an activating group) is 2. The number of para-hydroxylation sites is 1. The maximum atomic E-state index is 15.6. The van der Waals surface area contributed by atoms with Gasteiger partial charge < -0.3 is 45.3 Å². The van der Waals surface area contributed by atoms with E-state index in [0.717, 1.165) is 35.7 Å². The van der Waals surface area contributed by atoms with E-state index in [0.29, 0.717) is 29.3 Å². The first-order valence-electron chi connectivity index (χ1n) is 27.5. The van der Waals surface area contributed by atoms with Crippen molar-refractivity contribution in [1.29, 1.82) is 0 Å². The van der Waals surface area contributed by atoms with Gasteiger partial charge in [0.1, 0.15) is 42.3 Å². The molecule has 78 heavy (non-hydrogen) atoms. The zero-order valence-electron chi connectivity index (χ0n) is 46.7. The molecule has 19 heteroatoms. The first-order chi connectivity index (χ1) is 37.1. The molecule has 1 saturated heterocycles. The number of alkyl halides is 1. The Labute approximate surface area is 457 Å². The fourth-order valence-corrected chi connectivity index (χ4v) is 10.9. The number of rotatable bonds is 14. The molecule has 2 fully saturated rings. The number of halogens is 1. The highest BCUT2D eigenvalue weighted by molar-refractivity contribution is 5.99. The van der Waals surface area contributed by atoms with Gasteiger partial charge in [0.25, 0.3) is 0 Å². The summed E-state index contributed by atoms with van der Waals surface area (Å²) >= 11 is 0. The third-order valence-electron chi connectivity index (χ3n) is 15.7. The minimum atomic E-state index is -1.37. The van der Waals surface area contributed by atoms with E-state index in [-0.39, 0.29) is 62.4 Å². The molecule has 0 radical (unpaired) electrons. The van der Waals surface area contributed by atoms with Gasteiger partial charge in [0.15, 0.2) is 0 Å². The third-order valence-corrected chi connectivity index (χ3v) is 15.7. The van der Waals surface area contributed by atoms with Crippen LogP contribution in [0.5, 0.6) is 6.01 Å². The number of amides is 7. The quantitative estimate of drug-likeness (QED) is 0.107. The monoisotopic (exact) mass is 1070 g/mol. The van der Waals surface area contributed by atoms with E-state index < -0.39 is 96.0 Å². The van der Waals surface area contributed by atoms with E-state index in [4.69, 9.17) is 4.74 Å². The van der Waals surface area contributed by atoms with Crippen LogP contribution in [0, 0.1) is 17.8 Å². The summed E-state index contributed by atoms with van der Waals surface area (Å²) in [7, 11) is 2.99. The first-order valence-corrected chi connectivity index (χ1v) is 27.5. The molecule has 4 N–H and O–H groups in total. The molecule has 0 spiro atoms. The number of carbonyl (C=O) groups is 7. The lowest BCUT2D eigenvalue weighted by Crippen LogP contribution is -2.61. The number of allylic oxidation sites excluding steroid dienone is 1. The molecule has 3 aliphatic rings. The van der Waals surface area contributed by atoms with Crippen LogP contribution in [0.25, 0.3) is 21.8 Å². The van der Waals surface area contributed by atoms with Crippen molar-refractivity contribution in [2.75, 3.05) is 27.5 Å². The number of aromatic nitrogens is 3. The Morgan fingerprint density at radius 1 is 0.756 bits per heavy atom. The van der Waals surface area contributed by atoms with Crippen LogP contribution in [0.15, 0.2) is 79.7 Å². The van der Waals surface area contributed by atoms with Crippen molar-refractivity contribution in [2.45, 2.75) is 161 Å². The molecule has 0 unspecified atom stereocenters. The molecule has 18 nitrogen and oxygen atoms in total. The van der Waals surface area contributed by atoms with Crippen LogP contribution in [0.2, 0.25) is 0 Å². The summed E-state index contributed by atoms with van der Waals surface area (Å²) < 4.78 is 20.1. The number of hydrogen-bond donors (Lipinski definition) is 4. The van der Waals surface area contributed by atoms with Gasteiger partial charge in [0.2, 0.25) is 48.2 Å². The van der Waals surface area contributed by atoms with Gasteiger partial charge in [-0.1, -0.05) is 95.5 Å². The predicted octanol–water partition coefficient (Wildman–Crippen LogP) is 6.05. The largest absolute Gasteiger partial charge is 0.431 e. The number of fused-ring (bicyclic) bond motifs is 4. The Morgan fingerprint density at radius 2 is 1.41 bits per heavy atom. The number of hydrogen-bond acceptors (Lipinski definition) is 10. The molecular weight excluding hydrogens is 996 g/mol. The van der Waals surface area contributed by atoms with Gasteiger partial charge in [-0.05, 0) is 93.9 Å². The van der Waals surface area contributed by atoms with Gasteiger partial charge in [-0.3, -0.25) is 33.6 Å². The lowest BCUT2D eigenvalue weighted by Gasteiger charge is -2.39. The molecule has 7 amide bonds. The van der Waals surface area contributed by atoms with Crippen molar-refractivity contribution >= 4 is 63.2 Å². The second-order valence-corrected chi connectivity index (χ2v) is 22.7. The topological polar surface area (TPSA) is 217 Å². The summed E-state index contributed by atoms with van der Waals surface area (Å²) in [4.78, 5) is 118. The maximum Gasteiger partial charge on any atom is 0.319 e. The average Bonchev–Trinajstić information content (AvgIpc) is 3.76. The van der Waals surface area contributed by atoms with Crippen LogP contribution >= 0.6 is 0 Å². The minimum Gasteiger partial charge on any atom is -0.431 e. The standard InChI is InChI=1S/C59H79FN10O8/c1-11-59(7,8)70-33-40(41-22-14-15-24-47(41)70)31-46-56(76)68(10)49(27-35(2)3)53(73)64-45(30-39-21-18-23-43-42(39)32-61-58(66-43)78-34-60)51(71)62-37(6)55(75)67(9)48-25-13-12-16-26-69(57(48)77)50(28-36(4)5)54(74)63-44(52(72)65-46)29-38-19-17-20-38/h11-15,18,21-24,32-33,35-38,44-46,48-50H,1,16-17,19-20,25-31,34H2,2-10H3,(H,62,71)(H,63,74)(H,64,73)(H,65,72)/b13-12-/t37-,44-,45-,46-,48-,49-,50-/m0/s1. The molecule has 2 aromatic heterocycles. The molecule has 2 bridgehead atoms. The normalized spacial score (nSPS) is 24.5. The summed E-state index contributed by atoms with van der Waals surface area (Å²) in [6.45, 7) is 16.3. The fourth-order valence-electron chi connectivity index (χ4n) is 10.9. The summed E-state index contributed by atoms with van der Waals surface area (Å²) in [5.41, 5.74) is 1.97. The lowest BCUT2D eigenvalue weighted by atomic mass is 9.80. The first kappa shape index (κ1) is 58.5. The smallest absolute Gasteiger partial charge is 0.319 e. The van der Waals surface area contributed by atoms with E-state index in [1.807, 2.05) is 90.2 Å². The predicted molar refractivity (Wildman–Crippen MR) is 296 cm³/mol. The van der Waals surface area contributed by atoms with Crippen molar-refractivity contribution in [2.24, 2.45) is 17.8 Å². The van der Waals surface area contributed by atoms with Crippen molar-refractivity contribution < 1.29 is 42.7 Å². The van der Waals surface area contributed by atoms with Crippen LogP contribution < -0.4 is 26.0 Å². The number of ether oxygens (including phenoxy) is 1. The van der Waals surface area contributed by atoms with Crippen molar-refractivity contribution in [3.63, 3.8) is 0 Å². The van der Waals surface area contributed by atoms with Gasteiger partial charge in [-0.25, -0.2) is 9.37 Å². The second kappa shape index (κ2) is 25.5. The SMILES string of the molecule is C=CC(C)(C)n1cc(C[C@@H]2NC(=O)[C@H](CC3CCC3)NC(=O)[C@H](CC(C)C)N3CC/C=C\C[C@@H](C3=O)N(C)C(=O)[C@H](C)NC(=O)[C@H](Cc3cccc4nc(OCF)ncc34)NC(=O)[C@H](CC(C)C)N(C)C2=O)c2ccccc21. The van der Waals surface area contributed by atoms with Crippen molar-refractivity contribution in [3.8, 4) is 6.01 Å². The number of nitrogens with one attached hydrogen (secondary N) is 4. The molecular formula is C59H79FN10O8.